The number of rotatable bonds is 10. The van der Waals surface area contributed by atoms with Gasteiger partial charge in [-0.2, -0.15) is 8.42 Å². The molecule has 0 unspecified atom stereocenters. The largest absolute Gasteiger partial charge is 0.479 e. The number of carboxylic acids is 2. The monoisotopic (exact) mass is 653 g/mol. The van der Waals surface area contributed by atoms with Crippen LogP contribution in [0.3, 0.4) is 0 Å². The van der Waals surface area contributed by atoms with Gasteiger partial charge in [0, 0.05) is 6.92 Å². The fourth-order valence-electron chi connectivity index (χ4n) is 4.65. The Labute approximate surface area is 240 Å². The minimum absolute atomic E-state index is 0.899. The van der Waals surface area contributed by atoms with Gasteiger partial charge in [0.05, 0.1) is 6.61 Å². The number of aliphatic hydroxyl groups is 7. The normalized spacial score (nSPS) is 44.0. The number of aliphatic hydroxyl groups excluding tert-OH is 7. The number of carbonyl (C=O) groups excluding carboxylic acids is 1. The molecule has 15 atom stereocenters. The first-order valence-electron chi connectivity index (χ1n) is 12.2. The second kappa shape index (κ2) is 13.8. The van der Waals surface area contributed by atoms with E-state index in [1.54, 1.807) is 0 Å². The van der Waals surface area contributed by atoms with Gasteiger partial charge in [0.25, 0.3) is 0 Å². The maximum Gasteiger partial charge on any atom is 0.397 e. The highest BCUT2D eigenvalue weighted by Crippen LogP contribution is 2.34. The van der Waals surface area contributed by atoms with Gasteiger partial charge in [0.1, 0.15) is 61.0 Å². The smallest absolute Gasteiger partial charge is 0.397 e. The molecule has 22 nitrogen and oxygen atoms in total. The molecule has 43 heavy (non-hydrogen) atoms. The molecule has 11 N–H and O–H groups in total. The number of nitrogens with one attached hydrogen (secondary N) is 1. The second-order valence-corrected chi connectivity index (χ2v) is 10.7. The van der Waals surface area contributed by atoms with Crippen LogP contribution >= 0.6 is 0 Å². The summed E-state index contributed by atoms with van der Waals surface area (Å²) in [5, 5.41) is 91.7. The number of ether oxygens (including phenoxy) is 5. The Morgan fingerprint density at radius 3 is 1.84 bits per heavy atom. The Hall–Kier alpha value is -2.20. The molecule has 3 aliphatic rings. The molecule has 1 amide bonds. The lowest BCUT2D eigenvalue weighted by Crippen LogP contribution is -2.70. The highest BCUT2D eigenvalue weighted by Gasteiger charge is 2.57. The molecule has 0 spiro atoms. The van der Waals surface area contributed by atoms with E-state index in [4.69, 9.17) is 23.7 Å². The van der Waals surface area contributed by atoms with Gasteiger partial charge in [0.2, 0.25) is 5.91 Å². The van der Waals surface area contributed by atoms with Crippen LogP contribution in [0.1, 0.15) is 6.92 Å². The third-order valence-corrected chi connectivity index (χ3v) is 7.10. The molecular formula is C20H31NO21S. The predicted octanol–water partition coefficient (Wildman–Crippen LogP) is -7.42. The second-order valence-electron chi connectivity index (χ2n) is 9.64. The molecule has 0 aromatic carbocycles. The lowest BCUT2D eigenvalue weighted by atomic mass is 9.94. The van der Waals surface area contributed by atoms with Gasteiger partial charge >= 0.3 is 22.3 Å². The van der Waals surface area contributed by atoms with E-state index in [9.17, 15) is 73.3 Å². The topological polar surface area (TPSA) is 355 Å². The van der Waals surface area contributed by atoms with Crippen molar-refractivity contribution in [2.45, 2.75) is 99.0 Å². The van der Waals surface area contributed by atoms with E-state index < -0.39 is 127 Å². The van der Waals surface area contributed by atoms with Gasteiger partial charge in [0.15, 0.2) is 31.1 Å². The molecule has 3 saturated heterocycles. The summed E-state index contributed by atoms with van der Waals surface area (Å²) in [6, 6.07) is -1.94. The Morgan fingerprint density at radius 1 is 0.744 bits per heavy atom. The first-order valence-corrected chi connectivity index (χ1v) is 13.6. The van der Waals surface area contributed by atoms with Gasteiger partial charge < -0.3 is 75.0 Å². The van der Waals surface area contributed by atoms with Crippen molar-refractivity contribution in [1.82, 2.24) is 5.32 Å². The van der Waals surface area contributed by atoms with E-state index in [1.165, 1.54) is 0 Å². The molecule has 0 bridgehead atoms. The summed E-state index contributed by atoms with van der Waals surface area (Å²) >= 11 is 0. The average molecular weight is 654 g/mol. The summed E-state index contributed by atoms with van der Waals surface area (Å²) in [5.74, 6) is -4.63. The predicted molar refractivity (Wildman–Crippen MR) is 124 cm³/mol. The summed E-state index contributed by atoms with van der Waals surface area (Å²) in [4.78, 5) is 35.5. The van der Waals surface area contributed by atoms with Crippen molar-refractivity contribution < 1.29 is 101 Å². The Balaban J connectivity index is 2.07. The Kier molecular flexibility index (Phi) is 11.4. The van der Waals surface area contributed by atoms with Crippen LogP contribution in [-0.2, 0) is 52.7 Å². The summed E-state index contributed by atoms with van der Waals surface area (Å²) in [5.41, 5.74) is 0. The van der Waals surface area contributed by atoms with Crippen LogP contribution in [-0.4, -0.2) is 175 Å². The molecule has 0 aromatic heterocycles. The molecular weight excluding hydrogens is 622 g/mol. The molecule has 3 heterocycles. The fourth-order valence-corrected chi connectivity index (χ4v) is 5.16. The maximum absolute atomic E-state index is 12.2. The quantitative estimate of drug-likeness (QED) is 0.0975. The van der Waals surface area contributed by atoms with E-state index in [0.717, 1.165) is 6.92 Å². The van der Waals surface area contributed by atoms with E-state index in [-0.39, 0.29) is 0 Å². The fraction of sp³-hybridized carbons (Fsp3) is 0.850. The lowest BCUT2D eigenvalue weighted by Gasteiger charge is -2.49. The molecule has 0 aliphatic carbocycles. The molecule has 248 valence electrons. The van der Waals surface area contributed by atoms with Crippen molar-refractivity contribution in [2.24, 2.45) is 0 Å². The van der Waals surface area contributed by atoms with Crippen LogP contribution in [0, 0.1) is 0 Å². The minimum atomic E-state index is -5.45. The van der Waals surface area contributed by atoms with Gasteiger partial charge in [-0.05, 0) is 0 Å². The molecule has 23 heteroatoms. The van der Waals surface area contributed by atoms with Crippen molar-refractivity contribution in [3.05, 3.63) is 0 Å². The molecule has 0 saturated carbocycles. The Morgan fingerprint density at radius 2 is 1.33 bits per heavy atom. The van der Waals surface area contributed by atoms with Crippen LogP contribution in [0.2, 0.25) is 0 Å². The van der Waals surface area contributed by atoms with Crippen molar-refractivity contribution >= 4 is 28.2 Å². The van der Waals surface area contributed by atoms with E-state index >= 15 is 0 Å². The van der Waals surface area contributed by atoms with Crippen molar-refractivity contribution in [2.75, 3.05) is 6.61 Å². The van der Waals surface area contributed by atoms with Crippen LogP contribution < -0.4 is 5.32 Å². The van der Waals surface area contributed by atoms with Gasteiger partial charge in [-0.25, -0.2) is 13.8 Å². The zero-order valence-corrected chi connectivity index (χ0v) is 22.6. The molecule has 3 rings (SSSR count). The first kappa shape index (κ1) is 35.3. The van der Waals surface area contributed by atoms with Gasteiger partial charge in [-0.1, -0.05) is 0 Å². The first-order chi connectivity index (χ1) is 19.9. The highest BCUT2D eigenvalue weighted by atomic mass is 32.3. The summed E-state index contributed by atoms with van der Waals surface area (Å²) < 4.78 is 63.5. The average Bonchev–Trinajstić information content (AvgIpc) is 2.90. The van der Waals surface area contributed by atoms with E-state index in [0.29, 0.717) is 0 Å². The summed E-state index contributed by atoms with van der Waals surface area (Å²) in [7, 11) is -5.45. The number of hydrogen-bond donors (Lipinski definition) is 11. The third-order valence-electron chi connectivity index (χ3n) is 6.63. The number of carbonyl (C=O) groups is 3. The number of carboxylic acid groups (broad SMARTS) is 2. The minimum Gasteiger partial charge on any atom is -0.479 e. The van der Waals surface area contributed by atoms with E-state index in [2.05, 4.69) is 9.50 Å². The zero-order valence-electron chi connectivity index (χ0n) is 21.7. The number of amides is 1. The van der Waals surface area contributed by atoms with Crippen LogP contribution in [0.5, 0.6) is 0 Å². The molecule has 3 fully saturated rings. The molecule has 3 aliphatic heterocycles. The van der Waals surface area contributed by atoms with Crippen LogP contribution in [0.4, 0.5) is 0 Å². The molecule has 0 radical (unpaired) electrons. The highest BCUT2D eigenvalue weighted by molar-refractivity contribution is 7.80. The number of hydrogen-bond acceptors (Lipinski definition) is 18. The van der Waals surface area contributed by atoms with Crippen molar-refractivity contribution in [3.8, 4) is 0 Å². The van der Waals surface area contributed by atoms with Crippen LogP contribution in [0.25, 0.3) is 0 Å². The van der Waals surface area contributed by atoms with E-state index in [1.807, 2.05) is 0 Å². The summed E-state index contributed by atoms with van der Waals surface area (Å²) in [6.07, 6.45) is -30.4. The SMILES string of the molecule is CC(=O)N[C@H]1[C@H](O[C@H]2[C@H](O)[C@@H](O)[C@H](O)O[C@@H]2C(=O)O)O[C@H](CO)[C@H](OS(=O)(=O)O)[C@@H]1O[C@@H]1O[C@H](C(=O)O)[C@@H](O)[C@H](O)[C@H]1O. The standard InChI is InChI=1S/C20H31NO21S/c1-3(23)21-5-12(39-20-10(28)6(24)7(25)14(41-20)16(29)30)11(42-43(34,35)36)4(2-22)37-19(5)40-13-8(26)9(27)18(33)38-15(13)17(31)32/h4-15,18-20,22,24-28,33H,2H2,1H3,(H,21,23)(H,29,30)(H,31,32)(H,34,35,36)/t4-,5-,6+,7+,8-,9-,10-,11+,12-,13+,14+,15+,18-,19+,20-/m1/s1. The van der Waals surface area contributed by atoms with Crippen LogP contribution in [0.15, 0.2) is 0 Å². The van der Waals surface area contributed by atoms with Gasteiger partial charge in [-0.3, -0.25) is 9.35 Å². The Bertz CT molecular complexity index is 1120. The zero-order chi connectivity index (χ0) is 32.5. The van der Waals surface area contributed by atoms with Crippen molar-refractivity contribution in [3.63, 3.8) is 0 Å². The number of aliphatic carboxylic acids is 2. The third kappa shape index (κ3) is 7.91. The summed E-state index contributed by atoms with van der Waals surface area (Å²) in [6.45, 7) is -0.288. The van der Waals surface area contributed by atoms with Crippen molar-refractivity contribution in [1.29, 1.82) is 0 Å². The lowest BCUT2D eigenvalue weighted by molar-refractivity contribution is -0.356. The maximum atomic E-state index is 12.2. The van der Waals surface area contributed by atoms with Gasteiger partial charge in [-0.15, -0.1) is 0 Å². The molecule has 0 aromatic rings.